The molecule has 2 rings (SSSR count). The third-order valence-corrected chi connectivity index (χ3v) is 5.22. The number of rotatable bonds is 10. The third-order valence-electron chi connectivity index (χ3n) is 5.22. The van der Waals surface area contributed by atoms with Crippen LogP contribution in [0, 0.1) is 5.92 Å². The highest BCUT2D eigenvalue weighted by molar-refractivity contribution is 5.91. The Morgan fingerprint density at radius 1 is 0.926 bits per heavy atom. The lowest BCUT2D eigenvalue weighted by Crippen LogP contribution is -2.05. The van der Waals surface area contributed by atoms with Gasteiger partial charge >= 0.3 is 5.97 Å². The minimum atomic E-state index is -1.08. The molecule has 3 heteroatoms. The second-order valence-corrected chi connectivity index (χ2v) is 7.86. The van der Waals surface area contributed by atoms with Crippen LogP contribution in [0.5, 0.6) is 5.75 Å². The van der Waals surface area contributed by atoms with Crippen molar-refractivity contribution in [1.82, 2.24) is 0 Å². The van der Waals surface area contributed by atoms with E-state index in [2.05, 4.69) is 20.8 Å². The first-order valence-electron chi connectivity index (χ1n) is 10.0. The van der Waals surface area contributed by atoms with E-state index >= 15 is 0 Å². The molecule has 0 heterocycles. The maximum Gasteiger partial charge on any atom is 0.339 e. The topological polar surface area (TPSA) is 57.5 Å². The van der Waals surface area contributed by atoms with Gasteiger partial charge in [-0.25, -0.2) is 4.79 Å². The van der Waals surface area contributed by atoms with Crippen molar-refractivity contribution < 1.29 is 15.0 Å². The number of carbonyl (C=O) groups is 1. The Bertz CT molecular complexity index is 735. The standard InChI is InChI=1S/C24H32O3/c1-17(2)11-7-4-5-8-14-20-15-21(16-22(23(20)25)24(26)27)18(3)19-12-9-6-10-13-19/h6,9-10,12-13,15-18,25H,4-5,7-8,11,14H2,1-3H3,(H,26,27). The van der Waals surface area contributed by atoms with E-state index in [1.54, 1.807) is 6.07 Å². The summed E-state index contributed by atoms with van der Waals surface area (Å²) < 4.78 is 0. The van der Waals surface area contributed by atoms with Crippen molar-refractivity contribution in [3.05, 3.63) is 64.7 Å². The van der Waals surface area contributed by atoms with Gasteiger partial charge in [0.05, 0.1) is 0 Å². The number of carboxylic acid groups (broad SMARTS) is 1. The van der Waals surface area contributed by atoms with Crippen LogP contribution in [0.2, 0.25) is 0 Å². The Balaban J connectivity index is 2.13. The Morgan fingerprint density at radius 3 is 2.22 bits per heavy atom. The molecule has 0 aliphatic heterocycles. The molecule has 2 N–H and O–H groups in total. The van der Waals surface area contributed by atoms with Crippen LogP contribution in [-0.4, -0.2) is 16.2 Å². The highest BCUT2D eigenvalue weighted by Crippen LogP contribution is 2.32. The molecule has 0 bridgehead atoms. The Kier molecular flexibility index (Phi) is 7.90. The van der Waals surface area contributed by atoms with Crippen molar-refractivity contribution in [2.24, 2.45) is 5.92 Å². The number of benzene rings is 2. The zero-order chi connectivity index (χ0) is 19.8. The first-order valence-corrected chi connectivity index (χ1v) is 10.0. The summed E-state index contributed by atoms with van der Waals surface area (Å²) >= 11 is 0. The number of carboxylic acids is 1. The van der Waals surface area contributed by atoms with Crippen LogP contribution in [0.25, 0.3) is 0 Å². The maximum atomic E-state index is 11.6. The molecule has 1 unspecified atom stereocenters. The van der Waals surface area contributed by atoms with E-state index in [1.807, 2.05) is 36.4 Å². The van der Waals surface area contributed by atoms with Crippen LogP contribution in [0.3, 0.4) is 0 Å². The van der Waals surface area contributed by atoms with E-state index in [0.717, 1.165) is 35.4 Å². The molecule has 0 saturated carbocycles. The first kappa shape index (κ1) is 21.0. The van der Waals surface area contributed by atoms with Crippen molar-refractivity contribution in [2.45, 2.75) is 65.2 Å². The second kappa shape index (κ2) is 10.1. The zero-order valence-electron chi connectivity index (χ0n) is 16.7. The van der Waals surface area contributed by atoms with Crippen LogP contribution in [0.15, 0.2) is 42.5 Å². The number of hydrogen-bond acceptors (Lipinski definition) is 2. The van der Waals surface area contributed by atoms with Crippen molar-refractivity contribution in [3.8, 4) is 5.75 Å². The largest absolute Gasteiger partial charge is 0.507 e. The van der Waals surface area contributed by atoms with Gasteiger partial charge in [-0.2, -0.15) is 0 Å². The normalized spacial score (nSPS) is 12.3. The summed E-state index contributed by atoms with van der Waals surface area (Å²) in [7, 11) is 0. The summed E-state index contributed by atoms with van der Waals surface area (Å²) in [5, 5.41) is 19.9. The number of aryl methyl sites for hydroxylation is 1. The molecule has 0 fully saturated rings. The Hall–Kier alpha value is -2.29. The monoisotopic (exact) mass is 368 g/mol. The van der Waals surface area contributed by atoms with E-state index in [0.29, 0.717) is 6.42 Å². The fourth-order valence-electron chi connectivity index (χ4n) is 3.48. The molecular formula is C24H32O3. The molecule has 0 spiro atoms. The molecule has 27 heavy (non-hydrogen) atoms. The van der Waals surface area contributed by atoms with Crippen molar-refractivity contribution in [3.63, 3.8) is 0 Å². The minimum Gasteiger partial charge on any atom is -0.507 e. The summed E-state index contributed by atoms with van der Waals surface area (Å²) in [5.74, 6) is -0.334. The fourth-order valence-corrected chi connectivity index (χ4v) is 3.48. The van der Waals surface area contributed by atoms with Crippen molar-refractivity contribution in [1.29, 1.82) is 0 Å². The van der Waals surface area contributed by atoms with Crippen molar-refractivity contribution in [2.75, 3.05) is 0 Å². The molecular weight excluding hydrogens is 336 g/mol. The zero-order valence-corrected chi connectivity index (χ0v) is 16.7. The SMILES string of the molecule is CC(C)CCCCCCc1cc(C(C)c2ccccc2)cc(C(=O)O)c1O. The Morgan fingerprint density at radius 2 is 1.59 bits per heavy atom. The number of hydrogen-bond donors (Lipinski definition) is 2. The van der Waals surface area contributed by atoms with Gasteiger partial charge in [-0.3, -0.25) is 0 Å². The van der Waals surface area contributed by atoms with E-state index < -0.39 is 5.97 Å². The molecule has 0 saturated heterocycles. The summed E-state index contributed by atoms with van der Waals surface area (Å²) in [6.45, 7) is 6.55. The van der Waals surface area contributed by atoms with E-state index in [-0.39, 0.29) is 17.2 Å². The van der Waals surface area contributed by atoms with Crippen LogP contribution in [-0.2, 0) is 6.42 Å². The number of aromatic carboxylic acids is 1. The van der Waals surface area contributed by atoms with Crippen LogP contribution in [0.4, 0.5) is 0 Å². The maximum absolute atomic E-state index is 11.6. The third kappa shape index (κ3) is 6.13. The van der Waals surface area contributed by atoms with Crippen LogP contribution < -0.4 is 0 Å². The Labute approximate surface area is 163 Å². The molecule has 0 radical (unpaired) electrons. The number of aromatic hydroxyl groups is 1. The minimum absolute atomic E-state index is 0.00471. The van der Waals surface area contributed by atoms with E-state index in [9.17, 15) is 15.0 Å². The van der Waals surface area contributed by atoms with Gasteiger partial charge in [0.2, 0.25) is 0 Å². The molecule has 2 aromatic rings. The lowest BCUT2D eigenvalue weighted by atomic mass is 9.89. The lowest BCUT2D eigenvalue weighted by Gasteiger charge is -2.17. The smallest absolute Gasteiger partial charge is 0.339 e. The van der Waals surface area contributed by atoms with Gasteiger partial charge in [0.1, 0.15) is 11.3 Å². The second-order valence-electron chi connectivity index (χ2n) is 7.86. The quantitative estimate of drug-likeness (QED) is 0.478. The molecule has 3 nitrogen and oxygen atoms in total. The van der Waals surface area contributed by atoms with Gasteiger partial charge in [-0.1, -0.05) is 82.9 Å². The molecule has 0 aliphatic carbocycles. The summed E-state index contributed by atoms with van der Waals surface area (Å²) in [6, 6.07) is 13.6. The number of unbranched alkanes of at least 4 members (excludes halogenated alkanes) is 3. The molecule has 2 aromatic carbocycles. The van der Waals surface area contributed by atoms with Gasteiger partial charge in [0.15, 0.2) is 0 Å². The van der Waals surface area contributed by atoms with Crippen molar-refractivity contribution >= 4 is 5.97 Å². The molecule has 0 amide bonds. The van der Waals surface area contributed by atoms with Gasteiger partial charge in [0, 0.05) is 5.92 Å². The average Bonchev–Trinajstić information content (AvgIpc) is 2.65. The molecule has 0 aromatic heterocycles. The predicted molar refractivity (Wildman–Crippen MR) is 111 cm³/mol. The molecule has 146 valence electrons. The molecule has 0 aliphatic rings. The highest BCUT2D eigenvalue weighted by atomic mass is 16.4. The predicted octanol–water partition coefficient (Wildman–Crippen LogP) is 6.39. The van der Waals surface area contributed by atoms with E-state index in [1.165, 1.54) is 19.3 Å². The first-order chi connectivity index (χ1) is 12.9. The lowest BCUT2D eigenvalue weighted by molar-refractivity contribution is 0.0693. The fraction of sp³-hybridized carbons (Fsp3) is 0.458. The summed E-state index contributed by atoms with van der Waals surface area (Å²) in [5.41, 5.74) is 2.83. The average molecular weight is 369 g/mol. The van der Waals surface area contributed by atoms with E-state index in [4.69, 9.17) is 0 Å². The van der Waals surface area contributed by atoms with Crippen LogP contribution >= 0.6 is 0 Å². The van der Waals surface area contributed by atoms with Gasteiger partial charge in [0.25, 0.3) is 0 Å². The van der Waals surface area contributed by atoms with Gasteiger partial charge in [-0.05, 0) is 41.5 Å². The summed E-state index contributed by atoms with van der Waals surface area (Å²) in [4.78, 5) is 11.6. The van der Waals surface area contributed by atoms with Gasteiger partial charge < -0.3 is 10.2 Å². The number of phenols is 1. The van der Waals surface area contributed by atoms with Crippen LogP contribution in [0.1, 0.15) is 85.8 Å². The summed E-state index contributed by atoms with van der Waals surface area (Å²) in [6.07, 6.45) is 6.45. The highest BCUT2D eigenvalue weighted by Gasteiger charge is 2.18. The molecule has 1 atom stereocenters. The van der Waals surface area contributed by atoms with Gasteiger partial charge in [-0.15, -0.1) is 0 Å².